The lowest BCUT2D eigenvalue weighted by atomic mass is 9.90. The number of carboxylic acids is 1. The van der Waals surface area contributed by atoms with Gasteiger partial charge in [-0.25, -0.2) is 8.78 Å². The number of aldehydes is 1. The minimum absolute atomic E-state index is 0.0945. The van der Waals surface area contributed by atoms with Crippen LogP contribution in [0.5, 0.6) is 11.5 Å². The first kappa shape index (κ1) is 36.8. The van der Waals surface area contributed by atoms with E-state index in [0.717, 1.165) is 53.5 Å². The van der Waals surface area contributed by atoms with Crippen molar-refractivity contribution in [1.82, 2.24) is 4.90 Å². The molecule has 2 atom stereocenters. The summed E-state index contributed by atoms with van der Waals surface area (Å²) in [6.07, 6.45) is 14.8. The Morgan fingerprint density at radius 1 is 0.846 bits per heavy atom. The van der Waals surface area contributed by atoms with Crippen LogP contribution in [0.25, 0.3) is 21.9 Å². The molecule has 2 aliphatic carbocycles. The molecule has 1 saturated heterocycles. The van der Waals surface area contributed by atoms with Gasteiger partial charge in [0.15, 0.2) is 11.3 Å². The van der Waals surface area contributed by atoms with E-state index in [1.165, 1.54) is 12.2 Å². The lowest BCUT2D eigenvalue weighted by Crippen LogP contribution is -2.50. The maximum atomic E-state index is 15.5. The predicted octanol–water partition coefficient (Wildman–Crippen LogP) is 9.54. The Balaban J connectivity index is 0.000000183. The molecule has 3 aliphatic rings. The highest BCUT2D eigenvalue weighted by Gasteiger charge is 2.36. The van der Waals surface area contributed by atoms with Crippen LogP contribution in [0.3, 0.4) is 0 Å². The SMILES string of the molecule is CCCCOc1ccc2oc(C3(F)C=CC(C=O)=CC3)cc2c1.CCCCOc1ccc2oc(C3(F)C=CC(CN4CC(C(=O)O)C4)=CC3)cc2c1. The Morgan fingerprint density at radius 3 is 1.83 bits per heavy atom. The van der Waals surface area contributed by atoms with E-state index in [0.29, 0.717) is 61.6 Å². The van der Waals surface area contributed by atoms with Gasteiger partial charge in [0.05, 0.1) is 19.1 Å². The Labute approximate surface area is 302 Å². The number of alkyl halides is 2. The van der Waals surface area contributed by atoms with E-state index in [1.54, 1.807) is 36.4 Å². The van der Waals surface area contributed by atoms with E-state index >= 15 is 8.78 Å². The highest BCUT2D eigenvalue weighted by molar-refractivity contribution is 5.81. The molecule has 3 heterocycles. The van der Waals surface area contributed by atoms with Gasteiger partial charge in [-0.05, 0) is 79.1 Å². The molecule has 0 saturated carbocycles. The zero-order valence-corrected chi connectivity index (χ0v) is 29.6. The smallest absolute Gasteiger partial charge is 0.309 e. The van der Waals surface area contributed by atoms with Crippen molar-refractivity contribution in [3.8, 4) is 11.5 Å². The molecule has 4 aromatic rings. The van der Waals surface area contributed by atoms with Crippen LogP contribution in [0.15, 0.2) is 105 Å². The topological polar surface area (TPSA) is 102 Å². The van der Waals surface area contributed by atoms with E-state index in [9.17, 15) is 9.59 Å². The van der Waals surface area contributed by atoms with Crippen LogP contribution < -0.4 is 9.47 Å². The molecule has 7 rings (SSSR count). The van der Waals surface area contributed by atoms with Crippen molar-refractivity contribution < 1.29 is 41.8 Å². The number of aliphatic carboxylic acids is 1. The van der Waals surface area contributed by atoms with E-state index in [2.05, 4.69) is 18.7 Å². The normalized spacial score (nSPS) is 21.6. The number of furan rings is 2. The summed E-state index contributed by atoms with van der Waals surface area (Å²) in [5.41, 5.74) is -0.633. The molecule has 0 spiro atoms. The van der Waals surface area contributed by atoms with Gasteiger partial charge >= 0.3 is 5.97 Å². The Bertz CT molecular complexity index is 2020. The number of carbonyl (C=O) groups excluding carboxylic acids is 1. The number of carboxylic acid groups (broad SMARTS) is 1. The summed E-state index contributed by atoms with van der Waals surface area (Å²) in [7, 11) is 0. The molecular weight excluding hydrogens is 668 g/mol. The van der Waals surface area contributed by atoms with Crippen molar-refractivity contribution in [2.75, 3.05) is 32.8 Å². The van der Waals surface area contributed by atoms with Gasteiger partial charge in [-0.3, -0.25) is 14.5 Å². The van der Waals surface area contributed by atoms with Crippen LogP contribution in [0.1, 0.15) is 63.9 Å². The number of nitrogens with zero attached hydrogens (tertiary/aromatic N) is 1. The van der Waals surface area contributed by atoms with Crippen molar-refractivity contribution >= 4 is 34.2 Å². The molecule has 1 N–H and O–H groups in total. The number of rotatable bonds is 14. The standard InChI is InChI=1S/C23H26FNO4.C19H19FO3/c1-2-3-10-28-19-4-5-20-17(11-19)12-21(29-20)23(24)8-6-16(7-9-23)13-25-14-18(15-25)22(26)27;1-2-3-10-22-16-4-5-17-15(11-16)12-18(23-17)19(20)8-6-14(13-21)7-9-19/h4-8,11-12,18H,2-3,9-10,13-15H2,1H3,(H,26,27);4-8,11-13H,2-3,9-10H2,1H3. The lowest BCUT2D eigenvalue weighted by Gasteiger charge is -2.37. The maximum Gasteiger partial charge on any atom is 0.309 e. The van der Waals surface area contributed by atoms with Crippen molar-refractivity contribution in [3.05, 3.63) is 108 Å². The number of hydrogen-bond donors (Lipinski definition) is 1. The van der Waals surface area contributed by atoms with Gasteiger partial charge in [0.25, 0.3) is 0 Å². The molecule has 52 heavy (non-hydrogen) atoms. The number of ether oxygens (including phenoxy) is 2. The third-order valence-corrected chi connectivity index (χ3v) is 9.57. The molecule has 2 aromatic carbocycles. The van der Waals surface area contributed by atoms with Gasteiger partial charge in [-0.2, -0.15) is 0 Å². The second-order valence-electron chi connectivity index (χ2n) is 13.7. The number of allylic oxidation sites excluding steroid dienone is 6. The van der Waals surface area contributed by atoms with Gasteiger partial charge in [0, 0.05) is 48.8 Å². The summed E-state index contributed by atoms with van der Waals surface area (Å²) >= 11 is 0. The Kier molecular flexibility index (Phi) is 11.4. The molecule has 274 valence electrons. The number of halogens is 2. The molecule has 1 fully saturated rings. The van der Waals surface area contributed by atoms with Crippen LogP contribution in [-0.2, 0) is 20.9 Å². The number of fused-ring (bicyclic) bond motifs is 2. The average Bonchev–Trinajstić information content (AvgIpc) is 3.76. The zero-order valence-electron chi connectivity index (χ0n) is 29.6. The third-order valence-electron chi connectivity index (χ3n) is 9.57. The average molecular weight is 714 g/mol. The second-order valence-corrected chi connectivity index (χ2v) is 13.7. The molecular formula is C42H45F2NO7. The fourth-order valence-electron chi connectivity index (χ4n) is 6.27. The van der Waals surface area contributed by atoms with Crippen molar-refractivity contribution in [3.63, 3.8) is 0 Å². The quantitative estimate of drug-likeness (QED) is 0.102. The first-order valence-corrected chi connectivity index (χ1v) is 18.0. The molecule has 0 amide bonds. The fraction of sp³-hybridized carbons (Fsp3) is 0.381. The molecule has 10 heteroatoms. The van der Waals surface area contributed by atoms with Crippen molar-refractivity contribution in [2.45, 2.75) is 63.7 Å². The van der Waals surface area contributed by atoms with Gasteiger partial charge in [0.1, 0.15) is 40.5 Å². The molecule has 8 nitrogen and oxygen atoms in total. The highest BCUT2D eigenvalue weighted by atomic mass is 19.1. The molecule has 2 unspecified atom stereocenters. The summed E-state index contributed by atoms with van der Waals surface area (Å²) in [6.45, 7) is 7.30. The molecule has 0 bridgehead atoms. The second kappa shape index (κ2) is 16.2. The number of hydrogen-bond acceptors (Lipinski definition) is 7. The Hall–Kier alpha value is -4.96. The molecule has 0 radical (unpaired) electrons. The van der Waals surface area contributed by atoms with Crippen LogP contribution in [-0.4, -0.2) is 55.1 Å². The van der Waals surface area contributed by atoms with Crippen LogP contribution in [0.2, 0.25) is 0 Å². The number of likely N-dealkylation sites (tertiary alicyclic amines) is 1. The monoisotopic (exact) mass is 713 g/mol. The fourth-order valence-corrected chi connectivity index (χ4v) is 6.27. The van der Waals surface area contributed by atoms with Gasteiger partial charge in [-0.1, -0.05) is 51.0 Å². The summed E-state index contributed by atoms with van der Waals surface area (Å²) in [5.74, 6) is 1.03. The van der Waals surface area contributed by atoms with E-state index in [4.69, 9.17) is 23.4 Å². The first-order chi connectivity index (χ1) is 25.1. The number of benzene rings is 2. The summed E-state index contributed by atoms with van der Waals surface area (Å²) in [5, 5.41) is 10.6. The minimum atomic E-state index is -1.71. The highest BCUT2D eigenvalue weighted by Crippen LogP contribution is 2.40. The van der Waals surface area contributed by atoms with Crippen LogP contribution >= 0.6 is 0 Å². The largest absolute Gasteiger partial charge is 0.494 e. The van der Waals surface area contributed by atoms with Gasteiger partial charge in [-0.15, -0.1) is 0 Å². The van der Waals surface area contributed by atoms with Crippen LogP contribution in [0, 0.1) is 5.92 Å². The predicted molar refractivity (Wildman–Crippen MR) is 196 cm³/mol. The third kappa shape index (κ3) is 8.56. The summed E-state index contributed by atoms with van der Waals surface area (Å²) < 4.78 is 53.4. The zero-order chi connectivity index (χ0) is 36.7. The Morgan fingerprint density at radius 2 is 1.38 bits per heavy atom. The van der Waals surface area contributed by atoms with Gasteiger partial charge < -0.3 is 23.4 Å². The molecule has 1 aliphatic heterocycles. The molecule has 2 aromatic heterocycles. The van der Waals surface area contributed by atoms with E-state index < -0.39 is 17.3 Å². The minimum Gasteiger partial charge on any atom is -0.494 e. The summed E-state index contributed by atoms with van der Waals surface area (Å²) in [4.78, 5) is 23.7. The first-order valence-electron chi connectivity index (χ1n) is 18.0. The van der Waals surface area contributed by atoms with E-state index in [1.807, 2.05) is 36.4 Å². The lowest BCUT2D eigenvalue weighted by molar-refractivity contribution is -0.147. The van der Waals surface area contributed by atoms with Crippen molar-refractivity contribution in [1.29, 1.82) is 0 Å². The number of unbranched alkanes of at least 4 members (excludes halogenated alkanes) is 2. The van der Waals surface area contributed by atoms with Crippen molar-refractivity contribution in [2.24, 2.45) is 5.92 Å². The van der Waals surface area contributed by atoms with E-state index in [-0.39, 0.29) is 24.5 Å². The van der Waals surface area contributed by atoms with Crippen LogP contribution in [0.4, 0.5) is 8.78 Å². The summed E-state index contributed by atoms with van der Waals surface area (Å²) in [6, 6.07) is 14.5. The number of carbonyl (C=O) groups is 2. The maximum absolute atomic E-state index is 15.5. The van der Waals surface area contributed by atoms with Gasteiger partial charge in [0.2, 0.25) is 0 Å².